The Balaban J connectivity index is 1.31. The van der Waals surface area contributed by atoms with Crippen molar-refractivity contribution in [3.05, 3.63) is 57.6 Å². The molecule has 1 aliphatic carbocycles. The van der Waals surface area contributed by atoms with Crippen LogP contribution in [0.25, 0.3) is 0 Å². The average Bonchev–Trinajstić information content (AvgIpc) is 3.32. The van der Waals surface area contributed by atoms with Crippen molar-refractivity contribution in [1.82, 2.24) is 35.4 Å². The van der Waals surface area contributed by atoms with Crippen LogP contribution in [0.2, 0.25) is 0 Å². The van der Waals surface area contributed by atoms with Crippen molar-refractivity contribution in [2.24, 2.45) is 0 Å². The summed E-state index contributed by atoms with van der Waals surface area (Å²) in [5.74, 6) is 0.987. The average molecular weight is 436 g/mol. The fourth-order valence-electron chi connectivity index (χ4n) is 4.23. The minimum Gasteiger partial charge on any atom is -0.467 e. The number of nitrogens with zero attached hydrogens (tertiary/aromatic N) is 4. The van der Waals surface area contributed by atoms with Crippen LogP contribution in [0.15, 0.2) is 35.1 Å². The predicted molar refractivity (Wildman–Crippen MR) is 116 cm³/mol. The van der Waals surface area contributed by atoms with Gasteiger partial charge in [0.2, 0.25) is 5.95 Å². The number of methoxy groups -OCH3 is 1. The maximum absolute atomic E-state index is 13.1. The lowest BCUT2D eigenvalue weighted by molar-refractivity contribution is 0.142. The molecule has 0 spiro atoms. The first kappa shape index (κ1) is 20.0. The molecular weight excluding hydrogens is 412 g/mol. The molecule has 2 atom stereocenters. The summed E-state index contributed by atoms with van der Waals surface area (Å²) in [6.07, 6.45) is 0.937. The third-order valence-corrected chi connectivity index (χ3v) is 6.09. The summed E-state index contributed by atoms with van der Waals surface area (Å²) >= 11 is 0. The number of H-pyrrole nitrogens is 2. The van der Waals surface area contributed by atoms with E-state index in [0.29, 0.717) is 18.3 Å². The third kappa shape index (κ3) is 3.45. The largest absolute Gasteiger partial charge is 0.467 e. The van der Waals surface area contributed by atoms with E-state index in [4.69, 9.17) is 4.74 Å². The van der Waals surface area contributed by atoms with E-state index in [0.717, 1.165) is 17.7 Å². The van der Waals surface area contributed by atoms with Gasteiger partial charge >= 0.3 is 17.7 Å². The molecule has 11 nitrogen and oxygen atoms in total. The van der Waals surface area contributed by atoms with Crippen LogP contribution in [-0.2, 0) is 12.1 Å². The first-order valence-corrected chi connectivity index (χ1v) is 10.4. The lowest BCUT2D eigenvalue weighted by atomic mass is 10.0. The Bertz CT molecular complexity index is 1220. The van der Waals surface area contributed by atoms with Gasteiger partial charge in [0, 0.05) is 17.5 Å². The maximum Gasteiger partial charge on any atom is 0.352 e. The Morgan fingerprint density at radius 1 is 1.25 bits per heavy atom. The van der Waals surface area contributed by atoms with Crippen molar-refractivity contribution >= 4 is 17.8 Å². The SMILES string of the molecule is COc1nc(Nc2n[nH]c3c2CN(C(=O)NC2C[C@@H]2c2ccccc2)C3(C)C)[nH]c(=O)n1. The van der Waals surface area contributed by atoms with Gasteiger partial charge in [0.05, 0.1) is 24.9 Å². The summed E-state index contributed by atoms with van der Waals surface area (Å²) < 4.78 is 4.94. The summed E-state index contributed by atoms with van der Waals surface area (Å²) in [6, 6.07) is 10.2. The number of hydrogen-bond acceptors (Lipinski definition) is 7. The van der Waals surface area contributed by atoms with Crippen molar-refractivity contribution in [1.29, 1.82) is 0 Å². The van der Waals surface area contributed by atoms with Gasteiger partial charge in [0.1, 0.15) is 0 Å². The number of ether oxygens (including phenoxy) is 1. The summed E-state index contributed by atoms with van der Waals surface area (Å²) in [6.45, 7) is 4.30. The molecule has 2 aromatic heterocycles. The molecule has 1 unspecified atom stereocenters. The van der Waals surface area contributed by atoms with E-state index in [1.807, 2.05) is 32.0 Å². The zero-order chi connectivity index (χ0) is 22.5. The lowest BCUT2D eigenvalue weighted by Gasteiger charge is -2.32. The Kier molecular flexibility index (Phi) is 4.61. The van der Waals surface area contributed by atoms with E-state index >= 15 is 0 Å². The topological polar surface area (TPSA) is 141 Å². The number of urea groups is 1. The summed E-state index contributed by atoms with van der Waals surface area (Å²) in [5, 5.41) is 13.5. The number of hydrogen-bond donors (Lipinski definition) is 4. The molecule has 5 rings (SSSR count). The minimum absolute atomic E-state index is 0.0535. The van der Waals surface area contributed by atoms with Crippen LogP contribution in [0.4, 0.5) is 16.6 Å². The molecule has 1 aliphatic heterocycles. The fraction of sp³-hybridized carbons (Fsp3) is 0.381. The number of nitrogens with one attached hydrogen (secondary N) is 4. The molecule has 4 N–H and O–H groups in total. The molecule has 166 valence electrons. The second-order valence-corrected chi connectivity index (χ2v) is 8.49. The van der Waals surface area contributed by atoms with Crippen molar-refractivity contribution in [2.45, 2.75) is 44.3 Å². The zero-order valence-corrected chi connectivity index (χ0v) is 18.0. The van der Waals surface area contributed by atoms with Gasteiger partial charge in [-0.2, -0.15) is 10.1 Å². The van der Waals surface area contributed by atoms with E-state index in [9.17, 15) is 9.59 Å². The van der Waals surface area contributed by atoms with E-state index in [2.05, 4.69) is 47.9 Å². The van der Waals surface area contributed by atoms with Crippen molar-refractivity contribution in [3.8, 4) is 6.01 Å². The molecule has 0 saturated heterocycles. The highest BCUT2D eigenvalue weighted by Gasteiger charge is 2.46. The van der Waals surface area contributed by atoms with Gasteiger partial charge < -0.3 is 20.3 Å². The maximum atomic E-state index is 13.1. The first-order chi connectivity index (χ1) is 15.4. The molecule has 1 aromatic carbocycles. The van der Waals surface area contributed by atoms with Crippen LogP contribution in [0.5, 0.6) is 6.01 Å². The Morgan fingerprint density at radius 3 is 2.78 bits per heavy atom. The number of carbonyl (C=O) groups excluding carboxylic acids is 1. The number of rotatable bonds is 5. The highest BCUT2D eigenvalue weighted by molar-refractivity contribution is 5.78. The van der Waals surface area contributed by atoms with Gasteiger partial charge in [-0.1, -0.05) is 30.3 Å². The third-order valence-electron chi connectivity index (χ3n) is 6.09. The number of amides is 2. The lowest BCUT2D eigenvalue weighted by Crippen LogP contribution is -2.47. The van der Waals surface area contributed by atoms with Gasteiger partial charge in [0.15, 0.2) is 5.82 Å². The highest BCUT2D eigenvalue weighted by atomic mass is 16.5. The molecule has 2 aliphatic rings. The van der Waals surface area contributed by atoms with Crippen LogP contribution in [0.3, 0.4) is 0 Å². The van der Waals surface area contributed by atoms with Crippen molar-refractivity contribution in [2.75, 3.05) is 12.4 Å². The molecule has 3 heterocycles. The Morgan fingerprint density at radius 2 is 2.03 bits per heavy atom. The molecule has 0 bridgehead atoms. The molecule has 11 heteroatoms. The Hall–Kier alpha value is -3.89. The second kappa shape index (κ2) is 7.36. The number of aromatic amines is 2. The van der Waals surface area contributed by atoms with Crippen LogP contribution in [0, 0.1) is 0 Å². The standard InChI is InChI=1S/C21H24N8O3/c1-21(2)15-13(16(28-27-15)23-17-24-18(30)26-19(25-17)32-3)10-29(21)20(31)22-14-9-12(14)11-7-5-4-6-8-11/h4-8,12,14H,9-10H2,1-3H3,(H,22,31)(H3,23,24,25,26,27,28,30)/t12-,14?/m1/s1. The normalized spacial score (nSPS) is 20.5. The van der Waals surface area contributed by atoms with E-state index < -0.39 is 11.2 Å². The van der Waals surface area contributed by atoms with Crippen LogP contribution in [0.1, 0.15) is 43.0 Å². The minimum atomic E-state index is -0.592. The van der Waals surface area contributed by atoms with E-state index in [-0.39, 0.29) is 24.0 Å². The second-order valence-electron chi connectivity index (χ2n) is 8.49. The predicted octanol–water partition coefficient (Wildman–Crippen LogP) is 1.96. The van der Waals surface area contributed by atoms with Gasteiger partial charge in [-0.25, -0.2) is 9.59 Å². The summed E-state index contributed by atoms with van der Waals surface area (Å²) in [4.78, 5) is 36.8. The number of carbonyl (C=O) groups is 1. The highest BCUT2D eigenvalue weighted by Crippen LogP contribution is 2.43. The number of aromatic nitrogens is 5. The zero-order valence-electron chi connectivity index (χ0n) is 18.0. The molecule has 32 heavy (non-hydrogen) atoms. The molecule has 0 radical (unpaired) electrons. The van der Waals surface area contributed by atoms with Gasteiger partial charge in [0.25, 0.3) is 0 Å². The molecule has 1 saturated carbocycles. The van der Waals surface area contributed by atoms with Crippen LogP contribution in [-0.4, -0.2) is 49.2 Å². The molecule has 1 fully saturated rings. The monoisotopic (exact) mass is 436 g/mol. The molecular formula is C21H24N8O3. The number of anilines is 2. The smallest absolute Gasteiger partial charge is 0.352 e. The van der Waals surface area contributed by atoms with Crippen LogP contribution < -0.4 is 21.1 Å². The van der Waals surface area contributed by atoms with Crippen molar-refractivity contribution in [3.63, 3.8) is 0 Å². The first-order valence-electron chi connectivity index (χ1n) is 10.4. The summed E-state index contributed by atoms with van der Waals surface area (Å²) in [7, 11) is 1.38. The van der Waals surface area contributed by atoms with Gasteiger partial charge in [-0.3, -0.25) is 10.1 Å². The number of benzene rings is 1. The molecule has 2 amide bonds. The van der Waals surface area contributed by atoms with Crippen LogP contribution >= 0.6 is 0 Å². The van der Waals surface area contributed by atoms with Gasteiger partial charge in [-0.05, 0) is 25.8 Å². The number of fused-ring (bicyclic) bond motifs is 1. The fourth-order valence-corrected chi connectivity index (χ4v) is 4.23. The van der Waals surface area contributed by atoms with Crippen molar-refractivity contribution < 1.29 is 9.53 Å². The molecule has 3 aromatic rings. The van der Waals surface area contributed by atoms with E-state index in [1.54, 1.807) is 4.90 Å². The Labute approximate surface area is 183 Å². The van der Waals surface area contributed by atoms with Gasteiger partial charge in [-0.15, -0.1) is 4.98 Å². The quantitative estimate of drug-likeness (QED) is 0.479. The van der Waals surface area contributed by atoms with E-state index in [1.165, 1.54) is 12.7 Å². The summed E-state index contributed by atoms with van der Waals surface area (Å²) in [5.41, 5.74) is 1.73.